The molecule has 0 spiro atoms. The monoisotopic (exact) mass is 349 g/mol. The van der Waals surface area contributed by atoms with Crippen LogP contribution in [-0.2, 0) is 6.54 Å². The molecule has 0 unspecified atom stereocenters. The number of halogens is 1. The Labute approximate surface area is 134 Å². The summed E-state index contributed by atoms with van der Waals surface area (Å²) in [5.74, 6) is 0.710. The van der Waals surface area contributed by atoms with E-state index in [2.05, 4.69) is 26.9 Å². The Morgan fingerprint density at radius 2 is 1.90 bits per heavy atom. The van der Waals surface area contributed by atoms with Gasteiger partial charge < -0.3 is 14.7 Å². The second kappa shape index (κ2) is 6.96. The van der Waals surface area contributed by atoms with E-state index in [1.165, 1.54) is 5.56 Å². The van der Waals surface area contributed by atoms with Crippen LogP contribution in [0.15, 0.2) is 46.9 Å². The minimum Gasteiger partial charge on any atom is -0.496 e. The van der Waals surface area contributed by atoms with Crippen LogP contribution in [0.4, 0.5) is 5.69 Å². The molecule has 0 aliphatic carbocycles. The molecule has 0 bridgehead atoms. The first-order chi connectivity index (χ1) is 10.0. The van der Waals surface area contributed by atoms with Gasteiger partial charge >= 0.3 is 0 Å². The number of ether oxygens (including phenoxy) is 1. The van der Waals surface area contributed by atoms with E-state index in [4.69, 9.17) is 4.74 Å². The van der Waals surface area contributed by atoms with Gasteiger partial charge in [-0.1, -0.05) is 40.2 Å². The lowest BCUT2D eigenvalue weighted by Crippen LogP contribution is -2.19. The molecule has 0 aliphatic rings. The molecule has 2 aromatic rings. The maximum atomic E-state index is 10.1. The van der Waals surface area contributed by atoms with Crippen molar-refractivity contribution >= 4 is 21.6 Å². The van der Waals surface area contributed by atoms with Gasteiger partial charge in [-0.15, -0.1) is 0 Å². The second-order valence-corrected chi connectivity index (χ2v) is 5.87. The third-order valence-electron chi connectivity index (χ3n) is 3.46. The smallest absolute Gasteiger partial charge is 0.126 e. The standard InChI is InChI=1S/C17H20BrNO2/c1-12(20)17-15(9-6-10-16(17)21-3)19(2)11-13-7-4-5-8-14(13)18/h4-10,12,20H,11H2,1-3H3/t12-/m0/s1. The number of benzene rings is 2. The van der Waals surface area contributed by atoms with E-state index in [0.717, 1.165) is 22.3 Å². The van der Waals surface area contributed by atoms with Gasteiger partial charge in [0.05, 0.1) is 13.2 Å². The molecule has 1 atom stereocenters. The number of hydrogen-bond acceptors (Lipinski definition) is 3. The predicted octanol–water partition coefficient (Wildman–Crippen LogP) is 4.15. The summed E-state index contributed by atoms with van der Waals surface area (Å²) in [4.78, 5) is 2.12. The molecule has 112 valence electrons. The fourth-order valence-corrected chi connectivity index (χ4v) is 2.84. The molecule has 21 heavy (non-hydrogen) atoms. The molecule has 0 saturated heterocycles. The summed E-state index contributed by atoms with van der Waals surface area (Å²) in [5, 5.41) is 10.1. The zero-order valence-corrected chi connectivity index (χ0v) is 14.1. The van der Waals surface area contributed by atoms with Crippen molar-refractivity contribution in [3.8, 4) is 5.75 Å². The van der Waals surface area contributed by atoms with Crippen molar-refractivity contribution in [2.45, 2.75) is 19.6 Å². The largest absolute Gasteiger partial charge is 0.496 e. The minimum atomic E-state index is -0.585. The molecule has 0 fully saturated rings. The highest BCUT2D eigenvalue weighted by atomic mass is 79.9. The van der Waals surface area contributed by atoms with Crippen LogP contribution < -0.4 is 9.64 Å². The minimum absolute atomic E-state index is 0.585. The van der Waals surface area contributed by atoms with Gasteiger partial charge in [-0.05, 0) is 30.7 Å². The van der Waals surface area contributed by atoms with Crippen molar-refractivity contribution in [2.75, 3.05) is 19.1 Å². The molecular weight excluding hydrogens is 330 g/mol. The maximum Gasteiger partial charge on any atom is 0.126 e. The third-order valence-corrected chi connectivity index (χ3v) is 4.23. The molecule has 4 heteroatoms. The molecule has 0 heterocycles. The molecule has 2 rings (SSSR count). The lowest BCUT2D eigenvalue weighted by Gasteiger charge is -2.25. The number of nitrogens with zero attached hydrogens (tertiary/aromatic N) is 1. The number of aliphatic hydroxyl groups is 1. The first-order valence-corrected chi connectivity index (χ1v) is 7.63. The van der Waals surface area contributed by atoms with E-state index in [-0.39, 0.29) is 0 Å². The Morgan fingerprint density at radius 3 is 2.52 bits per heavy atom. The van der Waals surface area contributed by atoms with E-state index < -0.39 is 6.10 Å². The molecule has 0 aromatic heterocycles. The van der Waals surface area contributed by atoms with Crippen molar-refractivity contribution in [2.24, 2.45) is 0 Å². The van der Waals surface area contributed by atoms with Crippen molar-refractivity contribution in [1.82, 2.24) is 0 Å². The zero-order chi connectivity index (χ0) is 15.4. The quantitative estimate of drug-likeness (QED) is 0.880. The Hall–Kier alpha value is -1.52. The fourth-order valence-electron chi connectivity index (χ4n) is 2.43. The molecule has 1 N–H and O–H groups in total. The highest BCUT2D eigenvalue weighted by Crippen LogP contribution is 2.35. The van der Waals surface area contributed by atoms with Crippen LogP contribution in [0.5, 0.6) is 5.75 Å². The number of rotatable bonds is 5. The van der Waals surface area contributed by atoms with Crippen molar-refractivity contribution in [3.63, 3.8) is 0 Å². The third kappa shape index (κ3) is 3.57. The van der Waals surface area contributed by atoms with Crippen LogP contribution in [0.2, 0.25) is 0 Å². The van der Waals surface area contributed by atoms with Gasteiger partial charge in [0, 0.05) is 29.3 Å². The summed E-state index contributed by atoms with van der Waals surface area (Å²) in [6.07, 6.45) is -0.585. The van der Waals surface area contributed by atoms with Gasteiger partial charge in [0.15, 0.2) is 0 Å². The molecule has 2 aromatic carbocycles. The average Bonchev–Trinajstić information content (AvgIpc) is 2.48. The van der Waals surface area contributed by atoms with Gasteiger partial charge in [0.25, 0.3) is 0 Å². The lowest BCUT2D eigenvalue weighted by molar-refractivity contribution is 0.194. The van der Waals surface area contributed by atoms with Gasteiger partial charge in [0.1, 0.15) is 5.75 Å². The first kappa shape index (κ1) is 15.9. The van der Waals surface area contributed by atoms with E-state index >= 15 is 0 Å². The van der Waals surface area contributed by atoms with Crippen molar-refractivity contribution in [3.05, 3.63) is 58.1 Å². The Kier molecular flexibility index (Phi) is 5.26. The Balaban J connectivity index is 2.35. The summed E-state index contributed by atoms with van der Waals surface area (Å²) < 4.78 is 6.46. The van der Waals surface area contributed by atoms with Gasteiger partial charge in [-0.3, -0.25) is 0 Å². The van der Waals surface area contributed by atoms with Crippen LogP contribution in [0.3, 0.4) is 0 Å². The highest BCUT2D eigenvalue weighted by Gasteiger charge is 2.17. The summed E-state index contributed by atoms with van der Waals surface area (Å²) in [6.45, 7) is 2.50. The summed E-state index contributed by atoms with van der Waals surface area (Å²) in [6, 6.07) is 14.0. The highest BCUT2D eigenvalue weighted by molar-refractivity contribution is 9.10. The van der Waals surface area contributed by atoms with Crippen molar-refractivity contribution < 1.29 is 9.84 Å². The zero-order valence-electron chi connectivity index (χ0n) is 12.5. The topological polar surface area (TPSA) is 32.7 Å². The first-order valence-electron chi connectivity index (χ1n) is 6.84. The Morgan fingerprint density at radius 1 is 1.19 bits per heavy atom. The maximum absolute atomic E-state index is 10.1. The molecule has 3 nitrogen and oxygen atoms in total. The van der Waals surface area contributed by atoms with Gasteiger partial charge in [-0.2, -0.15) is 0 Å². The average molecular weight is 350 g/mol. The van der Waals surface area contributed by atoms with Crippen LogP contribution in [0.25, 0.3) is 0 Å². The van der Waals surface area contributed by atoms with Crippen LogP contribution in [0, 0.1) is 0 Å². The second-order valence-electron chi connectivity index (χ2n) is 5.02. The SMILES string of the molecule is COc1cccc(N(C)Cc2ccccc2Br)c1[C@H](C)O. The van der Waals surface area contributed by atoms with Crippen LogP contribution >= 0.6 is 15.9 Å². The number of hydrogen-bond donors (Lipinski definition) is 1. The summed E-state index contributed by atoms with van der Waals surface area (Å²) in [7, 11) is 3.64. The number of methoxy groups -OCH3 is 1. The van der Waals surface area contributed by atoms with Gasteiger partial charge in [-0.25, -0.2) is 0 Å². The molecule has 0 saturated carbocycles. The summed E-state index contributed by atoms with van der Waals surface area (Å²) in [5.41, 5.74) is 2.98. The fraction of sp³-hybridized carbons (Fsp3) is 0.294. The van der Waals surface area contributed by atoms with E-state index in [1.54, 1.807) is 14.0 Å². The molecule has 0 radical (unpaired) electrons. The number of aliphatic hydroxyl groups excluding tert-OH is 1. The van der Waals surface area contributed by atoms with Crippen LogP contribution in [-0.4, -0.2) is 19.3 Å². The summed E-state index contributed by atoms with van der Waals surface area (Å²) >= 11 is 3.57. The normalized spacial score (nSPS) is 12.0. The molecule has 0 amide bonds. The van der Waals surface area contributed by atoms with Gasteiger partial charge in [0.2, 0.25) is 0 Å². The van der Waals surface area contributed by atoms with E-state index in [0.29, 0.717) is 5.75 Å². The molecular formula is C17H20BrNO2. The molecule has 0 aliphatic heterocycles. The van der Waals surface area contributed by atoms with E-state index in [1.807, 2.05) is 43.4 Å². The predicted molar refractivity (Wildman–Crippen MR) is 89.9 cm³/mol. The van der Waals surface area contributed by atoms with E-state index in [9.17, 15) is 5.11 Å². The Bertz CT molecular complexity index is 613. The lowest BCUT2D eigenvalue weighted by atomic mass is 10.1. The van der Waals surface area contributed by atoms with Crippen LogP contribution in [0.1, 0.15) is 24.2 Å². The van der Waals surface area contributed by atoms with Crippen molar-refractivity contribution in [1.29, 1.82) is 0 Å². The number of anilines is 1.